The minimum Gasteiger partial charge on any atom is -0.372 e. The molecule has 1 aliphatic heterocycles. The van der Waals surface area contributed by atoms with Gasteiger partial charge >= 0.3 is 0 Å². The van der Waals surface area contributed by atoms with Gasteiger partial charge in [0.2, 0.25) is 5.91 Å². The molecule has 44 heavy (non-hydrogen) atoms. The molecule has 1 heterocycles. The zero-order valence-electron chi connectivity index (χ0n) is 30.2. The fraction of sp³-hybridized carbons (Fsp3) is 0.950. The van der Waals surface area contributed by atoms with Gasteiger partial charge in [-0.15, -0.1) is 0 Å². The van der Waals surface area contributed by atoms with Crippen molar-refractivity contribution < 1.29 is 4.79 Å². The van der Waals surface area contributed by atoms with Gasteiger partial charge in [-0.1, -0.05) is 187 Å². The number of amides is 1. The van der Waals surface area contributed by atoms with E-state index in [-0.39, 0.29) is 5.91 Å². The van der Waals surface area contributed by atoms with Crippen LogP contribution in [0, 0.1) is 5.92 Å². The van der Waals surface area contributed by atoms with E-state index in [0.29, 0.717) is 12.3 Å². The first-order valence-corrected chi connectivity index (χ1v) is 20.3. The molecule has 0 saturated carbocycles. The van der Waals surface area contributed by atoms with Crippen molar-refractivity contribution in [1.82, 2.24) is 10.6 Å². The second-order valence-electron chi connectivity index (χ2n) is 14.1. The normalized spacial score (nSPS) is 13.6. The Labute approximate surface area is 276 Å². The van der Waals surface area contributed by atoms with Crippen molar-refractivity contribution in [3.05, 3.63) is 0 Å². The Morgan fingerprint density at radius 2 is 0.955 bits per heavy atom. The molecule has 1 unspecified atom stereocenters. The maximum absolute atomic E-state index is 12.3. The monoisotopic (exact) mass is 618 g/mol. The highest BCUT2D eigenvalue weighted by Gasteiger charge is 2.18. The number of amidine groups is 1. The van der Waals surface area contributed by atoms with Crippen LogP contribution >= 0.6 is 0 Å². The second kappa shape index (κ2) is 33.3. The number of hydrogen-bond donors (Lipinski definition) is 2. The quantitative estimate of drug-likeness (QED) is 0.0695. The summed E-state index contributed by atoms with van der Waals surface area (Å²) in [5.41, 5.74) is 0. The van der Waals surface area contributed by atoms with Gasteiger partial charge in [0.15, 0.2) is 0 Å². The molecular formula is C40H79N3O. The molecule has 0 radical (unpaired) electrons. The summed E-state index contributed by atoms with van der Waals surface area (Å²) >= 11 is 0. The molecule has 1 atom stereocenters. The number of carbonyl (C=O) groups is 1. The van der Waals surface area contributed by atoms with Gasteiger partial charge in [-0.25, -0.2) is 0 Å². The molecular weight excluding hydrogens is 538 g/mol. The van der Waals surface area contributed by atoms with E-state index >= 15 is 0 Å². The molecule has 2 N–H and O–H groups in total. The SMILES string of the molecule is CCCCCCCCCCCCCCCCCC(=O)NCCCC(CCCCCCCCCCCCCCC)C1=NCCN1. The lowest BCUT2D eigenvalue weighted by Gasteiger charge is -2.18. The maximum Gasteiger partial charge on any atom is 0.219 e. The van der Waals surface area contributed by atoms with Crippen LogP contribution in [0.4, 0.5) is 0 Å². The highest BCUT2D eigenvalue weighted by Crippen LogP contribution is 2.20. The van der Waals surface area contributed by atoms with Crippen LogP contribution in [0.25, 0.3) is 0 Å². The van der Waals surface area contributed by atoms with Crippen molar-refractivity contribution in [2.75, 3.05) is 19.6 Å². The summed E-state index contributed by atoms with van der Waals surface area (Å²) in [5, 5.41) is 6.73. The van der Waals surface area contributed by atoms with Crippen LogP contribution in [0.1, 0.15) is 219 Å². The average Bonchev–Trinajstić information content (AvgIpc) is 3.57. The molecule has 0 aromatic rings. The van der Waals surface area contributed by atoms with Gasteiger partial charge in [0.1, 0.15) is 0 Å². The predicted molar refractivity (Wildman–Crippen MR) is 196 cm³/mol. The van der Waals surface area contributed by atoms with E-state index in [1.165, 1.54) is 186 Å². The predicted octanol–water partition coefficient (Wildman–Crippen LogP) is 12.2. The highest BCUT2D eigenvalue weighted by molar-refractivity contribution is 5.85. The number of nitrogens with zero attached hydrogens (tertiary/aromatic N) is 1. The lowest BCUT2D eigenvalue weighted by Crippen LogP contribution is -2.29. The topological polar surface area (TPSA) is 53.5 Å². The third-order valence-corrected chi connectivity index (χ3v) is 9.80. The molecule has 0 saturated heterocycles. The van der Waals surface area contributed by atoms with Crippen molar-refractivity contribution in [2.45, 2.75) is 219 Å². The Kier molecular flexibility index (Phi) is 31.0. The molecule has 1 rings (SSSR count). The van der Waals surface area contributed by atoms with Crippen molar-refractivity contribution in [1.29, 1.82) is 0 Å². The smallest absolute Gasteiger partial charge is 0.219 e. The summed E-state index contributed by atoms with van der Waals surface area (Å²) in [6.45, 7) is 7.34. The Morgan fingerprint density at radius 3 is 1.36 bits per heavy atom. The number of rotatable bonds is 35. The standard InChI is InChI=1S/C40H79N3O/c1-3-5-7-9-11-13-15-17-18-20-22-24-26-28-30-34-39(44)41-35-31-33-38(40-42-36-37-43-40)32-29-27-25-23-21-19-16-14-12-10-8-6-4-2/h38H,3-37H2,1-2H3,(H,41,44)(H,42,43). The van der Waals surface area contributed by atoms with Crippen LogP contribution in [-0.4, -0.2) is 31.4 Å². The van der Waals surface area contributed by atoms with Gasteiger partial charge in [-0.05, 0) is 25.7 Å². The summed E-state index contributed by atoms with van der Waals surface area (Å²) < 4.78 is 0. The van der Waals surface area contributed by atoms with Crippen molar-refractivity contribution in [2.24, 2.45) is 10.9 Å². The average molecular weight is 618 g/mol. The molecule has 0 aromatic carbocycles. The molecule has 1 aliphatic rings. The lowest BCUT2D eigenvalue weighted by atomic mass is 9.94. The van der Waals surface area contributed by atoms with Gasteiger partial charge in [0, 0.05) is 25.4 Å². The largest absolute Gasteiger partial charge is 0.372 e. The number of unbranched alkanes of at least 4 members (excludes halogenated alkanes) is 26. The molecule has 0 aliphatic carbocycles. The van der Waals surface area contributed by atoms with E-state index in [2.05, 4.69) is 24.5 Å². The van der Waals surface area contributed by atoms with E-state index in [0.717, 1.165) is 38.9 Å². The zero-order valence-corrected chi connectivity index (χ0v) is 30.2. The molecule has 4 nitrogen and oxygen atoms in total. The third-order valence-electron chi connectivity index (χ3n) is 9.80. The first-order chi connectivity index (χ1) is 21.8. The van der Waals surface area contributed by atoms with Crippen LogP contribution in [0.3, 0.4) is 0 Å². The van der Waals surface area contributed by atoms with Crippen molar-refractivity contribution in [3.63, 3.8) is 0 Å². The Balaban J connectivity index is 1.93. The summed E-state index contributed by atoms with van der Waals surface area (Å²) in [6, 6.07) is 0. The van der Waals surface area contributed by atoms with E-state index in [1.54, 1.807) is 0 Å². The summed E-state index contributed by atoms with van der Waals surface area (Å²) in [6.07, 6.45) is 43.0. The van der Waals surface area contributed by atoms with Crippen LogP contribution in [-0.2, 0) is 4.79 Å². The number of carbonyl (C=O) groups excluding carboxylic acids is 1. The lowest BCUT2D eigenvalue weighted by molar-refractivity contribution is -0.121. The number of hydrogen-bond acceptors (Lipinski definition) is 3. The van der Waals surface area contributed by atoms with E-state index in [9.17, 15) is 4.79 Å². The zero-order chi connectivity index (χ0) is 31.6. The Hall–Kier alpha value is -1.06. The highest BCUT2D eigenvalue weighted by atomic mass is 16.1. The van der Waals surface area contributed by atoms with Gasteiger partial charge in [-0.3, -0.25) is 9.79 Å². The van der Waals surface area contributed by atoms with Gasteiger partial charge in [-0.2, -0.15) is 0 Å². The fourth-order valence-electron chi connectivity index (χ4n) is 6.84. The summed E-state index contributed by atoms with van der Waals surface area (Å²) in [5.74, 6) is 2.05. The summed E-state index contributed by atoms with van der Waals surface area (Å²) in [4.78, 5) is 17.1. The third kappa shape index (κ3) is 27.3. The molecule has 260 valence electrons. The number of aliphatic imine (C=N–C) groups is 1. The van der Waals surface area contributed by atoms with E-state index < -0.39 is 0 Å². The van der Waals surface area contributed by atoms with Crippen LogP contribution in [0.5, 0.6) is 0 Å². The molecule has 1 amide bonds. The van der Waals surface area contributed by atoms with Crippen molar-refractivity contribution >= 4 is 11.7 Å². The molecule has 0 spiro atoms. The first-order valence-electron chi connectivity index (χ1n) is 20.3. The molecule has 0 fully saturated rings. The van der Waals surface area contributed by atoms with Gasteiger partial charge < -0.3 is 10.6 Å². The fourth-order valence-corrected chi connectivity index (χ4v) is 6.84. The Bertz CT molecular complexity index is 634. The minimum absolute atomic E-state index is 0.254. The number of nitrogens with one attached hydrogen (secondary N) is 2. The summed E-state index contributed by atoms with van der Waals surface area (Å²) in [7, 11) is 0. The van der Waals surface area contributed by atoms with Crippen molar-refractivity contribution in [3.8, 4) is 0 Å². The van der Waals surface area contributed by atoms with Crippen LogP contribution in [0.2, 0.25) is 0 Å². The van der Waals surface area contributed by atoms with Crippen LogP contribution < -0.4 is 10.6 Å². The Morgan fingerprint density at radius 1 is 0.568 bits per heavy atom. The van der Waals surface area contributed by atoms with Gasteiger partial charge in [0.25, 0.3) is 0 Å². The van der Waals surface area contributed by atoms with E-state index in [1.807, 2.05) is 0 Å². The second-order valence-corrected chi connectivity index (χ2v) is 14.1. The van der Waals surface area contributed by atoms with E-state index in [4.69, 9.17) is 4.99 Å². The first kappa shape index (κ1) is 41.0. The minimum atomic E-state index is 0.254. The molecule has 0 bridgehead atoms. The maximum atomic E-state index is 12.3. The molecule has 4 heteroatoms. The van der Waals surface area contributed by atoms with Crippen LogP contribution in [0.15, 0.2) is 4.99 Å². The molecule has 0 aromatic heterocycles. The van der Waals surface area contributed by atoms with Gasteiger partial charge in [0.05, 0.1) is 12.4 Å².